The van der Waals surface area contributed by atoms with E-state index in [2.05, 4.69) is 23.9 Å². The summed E-state index contributed by atoms with van der Waals surface area (Å²) in [6.45, 7) is 3.66. The van der Waals surface area contributed by atoms with Crippen molar-refractivity contribution >= 4 is 17.5 Å². The first kappa shape index (κ1) is 28.9. The smallest absolute Gasteiger partial charge is 0.266 e. The van der Waals surface area contributed by atoms with Gasteiger partial charge in [0.25, 0.3) is 11.8 Å². The van der Waals surface area contributed by atoms with Crippen LogP contribution < -0.4 is 4.90 Å². The third-order valence-corrected chi connectivity index (χ3v) is 8.31. The fourth-order valence-corrected chi connectivity index (χ4v) is 5.78. The molecule has 2 aliphatic rings. The van der Waals surface area contributed by atoms with Crippen molar-refractivity contribution in [2.24, 2.45) is 5.92 Å². The van der Waals surface area contributed by atoms with E-state index in [1.165, 1.54) is 4.90 Å². The van der Waals surface area contributed by atoms with Crippen molar-refractivity contribution in [1.29, 1.82) is 0 Å². The maximum Gasteiger partial charge on any atom is 0.266 e. The van der Waals surface area contributed by atoms with Crippen molar-refractivity contribution in [1.82, 2.24) is 9.88 Å². The Morgan fingerprint density at radius 3 is 2.12 bits per heavy atom. The molecule has 43 heavy (non-hydrogen) atoms. The average molecular weight is 578 g/mol. The number of amides is 2. The van der Waals surface area contributed by atoms with Crippen molar-refractivity contribution in [2.45, 2.75) is 38.4 Å². The zero-order valence-electron chi connectivity index (χ0n) is 24.3. The summed E-state index contributed by atoms with van der Waals surface area (Å²) in [6, 6.07) is 27.9. The highest BCUT2D eigenvalue weighted by atomic mass is 16.7. The van der Waals surface area contributed by atoms with Crippen LogP contribution in [0.4, 0.5) is 5.69 Å². The molecule has 2 amide bonds. The Labute approximate surface area is 251 Å². The summed E-state index contributed by atoms with van der Waals surface area (Å²) >= 11 is 0. The number of anilines is 1. The van der Waals surface area contributed by atoms with Crippen LogP contribution in [0.25, 0.3) is 0 Å². The first-order valence-corrected chi connectivity index (χ1v) is 14.6. The topological polar surface area (TPSA) is 92.2 Å². The van der Waals surface area contributed by atoms with Gasteiger partial charge >= 0.3 is 0 Å². The lowest BCUT2D eigenvalue weighted by atomic mass is 9.90. The van der Waals surface area contributed by atoms with Gasteiger partial charge in [-0.05, 0) is 54.6 Å². The Balaban J connectivity index is 1.22. The second kappa shape index (κ2) is 12.6. The Hall–Kier alpha value is -4.21. The van der Waals surface area contributed by atoms with Gasteiger partial charge in [-0.2, -0.15) is 0 Å². The number of hydrogen-bond donors (Lipinski definition) is 1. The quantitative estimate of drug-likeness (QED) is 0.269. The first-order valence-electron chi connectivity index (χ1n) is 14.6. The summed E-state index contributed by atoms with van der Waals surface area (Å²) in [5.74, 6) is -0.605. The molecule has 4 atom stereocenters. The molecule has 4 unspecified atom stereocenters. The summed E-state index contributed by atoms with van der Waals surface area (Å²) in [7, 11) is 2.09. The molecule has 3 heterocycles. The SMILES string of the molecule is CC1C(CN(C)CCc2ccccn2)OC(c2ccc(N3C(=O)c4ccccc4C3=O)cc2)OC1c1ccc(CO)cc1. The third kappa shape index (κ3) is 6.00. The fraction of sp³-hybridized carbons (Fsp3) is 0.286. The molecule has 0 spiro atoms. The number of ether oxygens (including phenoxy) is 2. The number of benzene rings is 3. The van der Waals surface area contributed by atoms with Gasteiger partial charge in [-0.1, -0.05) is 61.5 Å². The number of pyridine rings is 1. The molecule has 1 N–H and O–H groups in total. The molecule has 2 aliphatic heterocycles. The molecule has 6 rings (SSSR count). The van der Waals surface area contributed by atoms with Crippen LogP contribution in [-0.4, -0.2) is 53.0 Å². The molecule has 4 aromatic rings. The maximum atomic E-state index is 13.0. The molecule has 1 saturated heterocycles. The van der Waals surface area contributed by atoms with Gasteiger partial charge in [-0.3, -0.25) is 14.6 Å². The molecule has 1 fully saturated rings. The van der Waals surface area contributed by atoms with E-state index >= 15 is 0 Å². The summed E-state index contributed by atoms with van der Waals surface area (Å²) in [5, 5.41) is 9.53. The van der Waals surface area contributed by atoms with Crippen LogP contribution in [0.15, 0.2) is 97.2 Å². The highest BCUT2D eigenvalue weighted by Crippen LogP contribution is 2.42. The molecule has 0 aliphatic carbocycles. The number of fused-ring (bicyclic) bond motifs is 1. The molecule has 0 bridgehead atoms. The predicted molar refractivity (Wildman–Crippen MR) is 162 cm³/mol. The van der Waals surface area contributed by atoms with Gasteiger partial charge in [-0.15, -0.1) is 0 Å². The second-order valence-electron chi connectivity index (χ2n) is 11.2. The number of carbonyl (C=O) groups is 2. The number of aromatic nitrogens is 1. The van der Waals surface area contributed by atoms with Crippen LogP contribution in [0.1, 0.15) is 62.4 Å². The lowest BCUT2D eigenvalue weighted by Crippen LogP contribution is -2.44. The number of aliphatic hydroxyl groups excluding tert-OH is 1. The van der Waals surface area contributed by atoms with Gasteiger partial charge in [0.2, 0.25) is 0 Å². The minimum Gasteiger partial charge on any atom is -0.392 e. The summed E-state index contributed by atoms with van der Waals surface area (Å²) < 4.78 is 13.2. The Morgan fingerprint density at radius 1 is 0.837 bits per heavy atom. The van der Waals surface area contributed by atoms with Crippen LogP contribution in [0.2, 0.25) is 0 Å². The van der Waals surface area contributed by atoms with Gasteiger partial charge < -0.3 is 19.5 Å². The largest absolute Gasteiger partial charge is 0.392 e. The molecule has 1 aromatic heterocycles. The number of nitrogens with zero attached hydrogens (tertiary/aromatic N) is 3. The Kier molecular flexibility index (Phi) is 8.44. The van der Waals surface area contributed by atoms with Crippen molar-refractivity contribution < 1.29 is 24.2 Å². The highest BCUT2D eigenvalue weighted by Gasteiger charge is 2.40. The van der Waals surface area contributed by atoms with Gasteiger partial charge in [0.05, 0.1) is 35.6 Å². The van der Waals surface area contributed by atoms with E-state index < -0.39 is 6.29 Å². The van der Waals surface area contributed by atoms with Crippen molar-refractivity contribution in [3.63, 3.8) is 0 Å². The number of hydrogen-bond acceptors (Lipinski definition) is 7. The van der Waals surface area contributed by atoms with Crippen LogP contribution in [-0.2, 0) is 22.5 Å². The molecule has 0 radical (unpaired) electrons. The van der Waals surface area contributed by atoms with Crippen molar-refractivity contribution in [2.75, 3.05) is 25.0 Å². The van der Waals surface area contributed by atoms with Crippen LogP contribution in [0, 0.1) is 5.92 Å². The predicted octanol–water partition coefficient (Wildman–Crippen LogP) is 5.34. The molecule has 8 nitrogen and oxygen atoms in total. The fourth-order valence-electron chi connectivity index (χ4n) is 5.78. The zero-order chi connectivity index (χ0) is 29.9. The van der Waals surface area contributed by atoms with Gasteiger partial charge in [0.15, 0.2) is 6.29 Å². The van der Waals surface area contributed by atoms with Crippen LogP contribution in [0.5, 0.6) is 0 Å². The van der Waals surface area contributed by atoms with E-state index in [1.54, 1.807) is 36.4 Å². The van der Waals surface area contributed by atoms with Crippen molar-refractivity contribution in [3.8, 4) is 0 Å². The number of carbonyl (C=O) groups excluding carboxylic acids is 2. The number of likely N-dealkylation sites (N-methyl/N-ethyl adjacent to an activating group) is 1. The van der Waals surface area contributed by atoms with Gasteiger partial charge in [-0.25, -0.2) is 4.90 Å². The number of aliphatic hydroxyl groups is 1. The second-order valence-corrected chi connectivity index (χ2v) is 11.2. The molecule has 3 aromatic carbocycles. The molecular formula is C35H35N3O5. The zero-order valence-corrected chi connectivity index (χ0v) is 24.3. The van der Waals surface area contributed by atoms with E-state index in [1.807, 2.05) is 60.8 Å². The maximum absolute atomic E-state index is 13.0. The number of imide groups is 1. The van der Waals surface area contributed by atoms with E-state index in [0.717, 1.165) is 35.3 Å². The summed E-state index contributed by atoms with van der Waals surface area (Å²) in [4.78, 5) is 33.9. The summed E-state index contributed by atoms with van der Waals surface area (Å²) in [6.07, 6.45) is 1.63. The van der Waals surface area contributed by atoms with E-state index in [0.29, 0.717) is 23.4 Å². The van der Waals surface area contributed by atoms with E-state index in [4.69, 9.17) is 9.47 Å². The highest BCUT2D eigenvalue weighted by molar-refractivity contribution is 6.34. The Morgan fingerprint density at radius 2 is 1.49 bits per heavy atom. The van der Waals surface area contributed by atoms with E-state index in [-0.39, 0.29) is 36.5 Å². The molecule has 8 heteroatoms. The van der Waals surface area contributed by atoms with Crippen LogP contribution >= 0.6 is 0 Å². The van der Waals surface area contributed by atoms with Crippen molar-refractivity contribution in [3.05, 3.63) is 131 Å². The molecule has 220 valence electrons. The summed E-state index contributed by atoms with van der Waals surface area (Å²) in [5.41, 5.74) is 5.03. The lowest BCUT2D eigenvalue weighted by molar-refractivity contribution is -0.275. The lowest BCUT2D eigenvalue weighted by Gasteiger charge is -2.42. The molecule has 0 saturated carbocycles. The average Bonchev–Trinajstić information content (AvgIpc) is 3.31. The minimum absolute atomic E-state index is 0.0176. The molecular weight excluding hydrogens is 542 g/mol. The minimum atomic E-state index is -0.649. The third-order valence-electron chi connectivity index (χ3n) is 8.31. The van der Waals surface area contributed by atoms with E-state index in [9.17, 15) is 14.7 Å². The normalized spacial score (nSPS) is 21.8. The standard InChI is InChI=1S/C35H35N3O5/c1-23-31(21-37(2)20-18-27-7-5-6-19-36-27)42-35(43-32(23)25-12-10-24(22-39)11-13-25)26-14-16-28(17-15-26)38-33(40)29-8-3-4-9-30(29)34(38)41/h3-17,19,23,31-32,35,39H,18,20-22H2,1-2H3. The number of rotatable bonds is 9. The van der Waals surface area contributed by atoms with Gasteiger partial charge in [0.1, 0.15) is 0 Å². The van der Waals surface area contributed by atoms with Gasteiger partial charge in [0, 0.05) is 42.9 Å². The monoisotopic (exact) mass is 577 g/mol. The van der Waals surface area contributed by atoms with Crippen LogP contribution in [0.3, 0.4) is 0 Å². The Bertz CT molecular complexity index is 1540. The first-order chi connectivity index (χ1) is 20.9.